The van der Waals surface area contributed by atoms with Crippen molar-refractivity contribution in [2.24, 2.45) is 5.92 Å². The quantitative estimate of drug-likeness (QED) is 0.784. The van der Waals surface area contributed by atoms with Crippen LogP contribution in [0.5, 0.6) is 5.75 Å². The summed E-state index contributed by atoms with van der Waals surface area (Å²) in [5, 5.41) is 0. The molecule has 1 aliphatic heterocycles. The zero-order chi connectivity index (χ0) is 17.9. The maximum absolute atomic E-state index is 12.2. The molecule has 0 spiro atoms. The Morgan fingerprint density at radius 2 is 2.12 bits per heavy atom. The number of hydrogen-bond donors (Lipinski definition) is 0. The van der Waals surface area contributed by atoms with E-state index < -0.39 is 24.1 Å². The topological polar surface area (TPSA) is 55.8 Å². The van der Waals surface area contributed by atoms with Crippen LogP contribution in [-0.2, 0) is 9.53 Å². The Labute approximate surface area is 136 Å². The number of rotatable bonds is 4. The molecule has 0 bridgehead atoms. The van der Waals surface area contributed by atoms with Gasteiger partial charge in [0.25, 0.3) is 5.91 Å². The van der Waals surface area contributed by atoms with E-state index in [-0.39, 0.29) is 18.6 Å². The van der Waals surface area contributed by atoms with Crippen molar-refractivity contribution in [3.8, 4) is 5.75 Å². The summed E-state index contributed by atoms with van der Waals surface area (Å²) in [6.45, 7) is 3.84. The molecule has 5 nitrogen and oxygen atoms in total. The number of imide groups is 1. The van der Waals surface area contributed by atoms with E-state index in [0.29, 0.717) is 5.56 Å². The average molecular weight is 343 g/mol. The van der Waals surface area contributed by atoms with E-state index in [9.17, 15) is 22.8 Å². The summed E-state index contributed by atoms with van der Waals surface area (Å²) < 4.78 is 45.3. The lowest BCUT2D eigenvalue weighted by molar-refractivity contribution is -0.274. The number of carbonyl (C=O) groups excluding carboxylic acids is 2. The van der Waals surface area contributed by atoms with Crippen molar-refractivity contribution in [3.63, 3.8) is 0 Å². The molecule has 1 aromatic rings. The van der Waals surface area contributed by atoms with Gasteiger partial charge in [-0.15, -0.1) is 13.2 Å². The van der Waals surface area contributed by atoms with Crippen molar-refractivity contribution >= 4 is 18.1 Å². The number of alkyl halides is 3. The zero-order valence-electron chi connectivity index (χ0n) is 13.0. The van der Waals surface area contributed by atoms with E-state index >= 15 is 0 Å². The van der Waals surface area contributed by atoms with E-state index in [2.05, 4.69) is 4.74 Å². The Hall–Kier alpha value is -2.51. The molecule has 0 unspecified atom stereocenters. The van der Waals surface area contributed by atoms with Crippen LogP contribution in [-0.4, -0.2) is 35.9 Å². The maximum atomic E-state index is 12.2. The van der Waals surface area contributed by atoms with E-state index in [1.54, 1.807) is 0 Å². The maximum Gasteiger partial charge on any atom is 0.573 e. The SMILES string of the molecule is CC(C)[C@H]1COC(=O)N1C(=O)/C=C/c1cccc(OC(F)(F)F)c1. The third-order valence-corrected chi connectivity index (χ3v) is 3.42. The fraction of sp³-hybridized carbons (Fsp3) is 0.375. The van der Waals surface area contributed by atoms with Crippen LogP contribution in [0, 0.1) is 5.92 Å². The van der Waals surface area contributed by atoms with Gasteiger partial charge in [-0.25, -0.2) is 9.69 Å². The summed E-state index contributed by atoms with van der Waals surface area (Å²) in [4.78, 5) is 24.9. The van der Waals surface area contributed by atoms with Crippen LogP contribution in [0.3, 0.4) is 0 Å². The van der Waals surface area contributed by atoms with Gasteiger partial charge in [0.1, 0.15) is 12.4 Å². The Kier molecular flexibility index (Phi) is 5.16. The van der Waals surface area contributed by atoms with Crippen LogP contribution >= 0.6 is 0 Å². The first-order chi connectivity index (χ1) is 11.2. The summed E-state index contributed by atoms with van der Waals surface area (Å²) in [6.07, 6.45) is -3.08. The molecular formula is C16H16F3NO4. The van der Waals surface area contributed by atoms with Crippen molar-refractivity contribution in [3.05, 3.63) is 35.9 Å². The highest BCUT2D eigenvalue weighted by atomic mass is 19.4. The van der Waals surface area contributed by atoms with Crippen LogP contribution in [0.15, 0.2) is 30.3 Å². The highest BCUT2D eigenvalue weighted by Crippen LogP contribution is 2.24. The molecule has 0 radical (unpaired) electrons. The molecule has 0 N–H and O–H groups in total. The number of benzene rings is 1. The minimum absolute atomic E-state index is 0.0253. The molecule has 2 amide bonds. The van der Waals surface area contributed by atoms with Gasteiger partial charge in [0.05, 0.1) is 6.04 Å². The van der Waals surface area contributed by atoms with Crippen molar-refractivity contribution < 1.29 is 32.2 Å². The van der Waals surface area contributed by atoms with Gasteiger partial charge in [0.2, 0.25) is 0 Å². The van der Waals surface area contributed by atoms with Gasteiger partial charge in [-0.3, -0.25) is 4.79 Å². The predicted molar refractivity (Wildman–Crippen MR) is 79.0 cm³/mol. The molecule has 24 heavy (non-hydrogen) atoms. The second-order valence-electron chi connectivity index (χ2n) is 5.55. The molecule has 130 valence electrons. The molecular weight excluding hydrogens is 327 g/mol. The fourth-order valence-corrected chi connectivity index (χ4v) is 2.24. The highest BCUT2D eigenvalue weighted by molar-refractivity contribution is 6.02. The Bertz CT molecular complexity index is 655. The number of ether oxygens (including phenoxy) is 2. The Morgan fingerprint density at radius 3 is 2.75 bits per heavy atom. The van der Waals surface area contributed by atoms with Gasteiger partial charge < -0.3 is 9.47 Å². The first kappa shape index (κ1) is 17.8. The molecule has 1 heterocycles. The normalized spacial score (nSPS) is 18.3. The molecule has 0 saturated carbocycles. The van der Waals surface area contributed by atoms with Gasteiger partial charge in [-0.05, 0) is 29.7 Å². The number of amides is 2. The number of carbonyl (C=O) groups is 2. The minimum Gasteiger partial charge on any atom is -0.447 e. The number of nitrogens with zero attached hydrogens (tertiary/aromatic N) is 1. The summed E-state index contributed by atoms with van der Waals surface area (Å²) in [5.41, 5.74) is 0.332. The fourth-order valence-electron chi connectivity index (χ4n) is 2.24. The standard InChI is InChI=1S/C16H16F3NO4/c1-10(2)13-9-23-15(22)20(13)14(21)7-6-11-4-3-5-12(8-11)24-16(17,18)19/h3-8,10,13H,9H2,1-2H3/b7-6+/t13-/m1/s1. The molecule has 1 aliphatic rings. The van der Waals surface area contributed by atoms with Crippen LogP contribution in [0.2, 0.25) is 0 Å². The van der Waals surface area contributed by atoms with Gasteiger partial charge in [0.15, 0.2) is 0 Å². The Balaban J connectivity index is 2.11. The second kappa shape index (κ2) is 6.94. The largest absolute Gasteiger partial charge is 0.573 e. The van der Waals surface area contributed by atoms with E-state index in [1.807, 2.05) is 13.8 Å². The molecule has 1 saturated heterocycles. The van der Waals surface area contributed by atoms with E-state index in [1.165, 1.54) is 18.2 Å². The van der Waals surface area contributed by atoms with Crippen molar-refractivity contribution in [1.82, 2.24) is 4.90 Å². The van der Waals surface area contributed by atoms with Gasteiger partial charge in [-0.1, -0.05) is 26.0 Å². The lowest BCUT2D eigenvalue weighted by Gasteiger charge is -2.21. The molecule has 1 fully saturated rings. The summed E-state index contributed by atoms with van der Waals surface area (Å²) >= 11 is 0. The Morgan fingerprint density at radius 1 is 1.42 bits per heavy atom. The van der Waals surface area contributed by atoms with Gasteiger partial charge in [-0.2, -0.15) is 0 Å². The number of cyclic esters (lactones) is 1. The average Bonchev–Trinajstić information content (AvgIpc) is 2.85. The molecule has 1 aromatic carbocycles. The number of hydrogen-bond acceptors (Lipinski definition) is 4. The van der Waals surface area contributed by atoms with Crippen molar-refractivity contribution in [2.75, 3.05) is 6.61 Å². The molecule has 0 aliphatic carbocycles. The summed E-state index contributed by atoms with van der Waals surface area (Å²) in [7, 11) is 0. The van der Waals surface area contributed by atoms with Crippen LogP contribution in [0.1, 0.15) is 19.4 Å². The smallest absolute Gasteiger partial charge is 0.447 e. The lowest BCUT2D eigenvalue weighted by atomic mass is 10.0. The monoisotopic (exact) mass is 343 g/mol. The summed E-state index contributed by atoms with van der Waals surface area (Å²) in [6, 6.07) is 4.80. The first-order valence-electron chi connectivity index (χ1n) is 7.21. The summed E-state index contributed by atoms with van der Waals surface area (Å²) in [5.74, 6) is -0.951. The van der Waals surface area contributed by atoms with E-state index in [4.69, 9.17) is 4.74 Å². The lowest BCUT2D eigenvalue weighted by Crippen LogP contribution is -2.40. The van der Waals surface area contributed by atoms with Crippen LogP contribution in [0.25, 0.3) is 6.08 Å². The van der Waals surface area contributed by atoms with E-state index in [0.717, 1.165) is 23.1 Å². The second-order valence-corrected chi connectivity index (χ2v) is 5.55. The molecule has 8 heteroatoms. The van der Waals surface area contributed by atoms with Crippen LogP contribution < -0.4 is 4.74 Å². The zero-order valence-corrected chi connectivity index (χ0v) is 13.0. The van der Waals surface area contributed by atoms with Crippen molar-refractivity contribution in [2.45, 2.75) is 26.3 Å². The number of halogens is 3. The molecule has 2 rings (SSSR count). The van der Waals surface area contributed by atoms with Crippen LogP contribution in [0.4, 0.5) is 18.0 Å². The van der Waals surface area contributed by atoms with Gasteiger partial charge in [0, 0.05) is 6.08 Å². The van der Waals surface area contributed by atoms with Gasteiger partial charge >= 0.3 is 12.5 Å². The molecule has 1 atom stereocenters. The first-order valence-corrected chi connectivity index (χ1v) is 7.21. The third kappa shape index (κ3) is 4.50. The predicted octanol–water partition coefficient (Wildman–Crippen LogP) is 3.60. The third-order valence-electron chi connectivity index (χ3n) is 3.42. The van der Waals surface area contributed by atoms with Crippen molar-refractivity contribution in [1.29, 1.82) is 0 Å². The molecule has 0 aromatic heterocycles. The highest BCUT2D eigenvalue weighted by Gasteiger charge is 2.38. The minimum atomic E-state index is -4.79.